The van der Waals surface area contributed by atoms with Crippen LogP contribution in [-0.2, 0) is 4.79 Å². The molecule has 1 amide bonds. The summed E-state index contributed by atoms with van der Waals surface area (Å²) in [5.74, 6) is 0.0118. The molecule has 4 heteroatoms. The molecule has 0 rings (SSSR count). The fourth-order valence-electron chi connectivity index (χ4n) is 0.852. The van der Waals surface area contributed by atoms with E-state index in [0.717, 1.165) is 4.55 Å². The van der Waals surface area contributed by atoms with Crippen molar-refractivity contribution in [3.05, 3.63) is 0 Å². The first kappa shape index (κ1) is 12.9. The first-order valence-corrected chi connectivity index (χ1v) is 8.08. The molecule has 0 bridgehead atoms. The fraction of sp³-hybridized carbons (Fsp3) is 0.778. The van der Waals surface area contributed by atoms with E-state index in [2.05, 4.69) is 15.2 Å². The Labute approximate surface area is 90.7 Å². The minimum absolute atomic E-state index is 0.0118. The Morgan fingerprint density at radius 2 is 2.15 bits per heavy atom. The van der Waals surface area contributed by atoms with Crippen molar-refractivity contribution >= 4 is 11.6 Å². The molecule has 0 aliphatic heterocycles. The van der Waals surface area contributed by atoms with Crippen molar-refractivity contribution in [2.75, 3.05) is 9.48 Å². The van der Waals surface area contributed by atoms with Crippen LogP contribution in [0.3, 0.4) is 0 Å². The van der Waals surface area contributed by atoms with Gasteiger partial charge in [-0.25, -0.2) is 0 Å². The van der Waals surface area contributed by atoms with Crippen LogP contribution < -0.4 is 26.5 Å². The molecule has 0 fully saturated rings. The van der Waals surface area contributed by atoms with Crippen LogP contribution in [-0.4, -0.2) is 27.1 Å². The second kappa shape index (κ2) is 7.29. The molecule has 0 unspecified atom stereocenters. The normalized spacial score (nSPS) is 12.2. The SMILES string of the molecule is CCC(=NC(C)C)C(=O)NC[I-]C. The Morgan fingerprint density at radius 1 is 1.54 bits per heavy atom. The molecule has 0 radical (unpaired) electrons. The predicted octanol–water partition coefficient (Wildman–Crippen LogP) is -1.96. The van der Waals surface area contributed by atoms with Gasteiger partial charge in [-0.2, -0.15) is 0 Å². The van der Waals surface area contributed by atoms with E-state index >= 15 is 0 Å². The molecule has 3 nitrogen and oxygen atoms in total. The minimum atomic E-state index is 0.0118. The second-order valence-corrected chi connectivity index (χ2v) is 5.22. The van der Waals surface area contributed by atoms with Crippen LogP contribution in [0.25, 0.3) is 0 Å². The van der Waals surface area contributed by atoms with Crippen molar-refractivity contribution in [3.63, 3.8) is 0 Å². The van der Waals surface area contributed by atoms with Crippen LogP contribution in [0.5, 0.6) is 0 Å². The van der Waals surface area contributed by atoms with Crippen LogP contribution >= 0.6 is 0 Å². The van der Waals surface area contributed by atoms with Gasteiger partial charge < -0.3 is 0 Å². The Balaban J connectivity index is 4.15. The molecule has 0 aromatic carbocycles. The van der Waals surface area contributed by atoms with E-state index in [1.807, 2.05) is 20.8 Å². The zero-order chi connectivity index (χ0) is 10.3. The van der Waals surface area contributed by atoms with Crippen LogP contribution in [0.15, 0.2) is 4.99 Å². The molecule has 0 aromatic rings. The predicted molar refractivity (Wildman–Crippen MR) is 51.8 cm³/mol. The van der Waals surface area contributed by atoms with E-state index in [-0.39, 0.29) is 33.2 Å². The molecule has 0 spiro atoms. The first-order chi connectivity index (χ1) is 6.11. The first-order valence-electron chi connectivity index (χ1n) is 4.40. The summed E-state index contributed by atoms with van der Waals surface area (Å²) in [7, 11) is 0. The van der Waals surface area contributed by atoms with Gasteiger partial charge in [-0.1, -0.05) is 0 Å². The average Bonchev–Trinajstić information content (AvgIpc) is 2.09. The van der Waals surface area contributed by atoms with Crippen LogP contribution in [0, 0.1) is 0 Å². The molecule has 0 aliphatic carbocycles. The molecule has 0 aromatic heterocycles. The third-order valence-electron chi connectivity index (χ3n) is 1.37. The summed E-state index contributed by atoms with van der Waals surface area (Å²) < 4.78 is 0.842. The summed E-state index contributed by atoms with van der Waals surface area (Å²) >= 11 is 0.135. The number of alkyl halides is 2. The number of aliphatic imine (C=N–C) groups is 1. The quantitative estimate of drug-likeness (QED) is 0.272. The number of halogens is 1. The van der Waals surface area contributed by atoms with E-state index in [9.17, 15) is 4.79 Å². The molecule has 0 aliphatic rings. The van der Waals surface area contributed by atoms with Crippen molar-refractivity contribution in [2.45, 2.75) is 33.2 Å². The molecule has 78 valence electrons. The number of hydrogen-bond acceptors (Lipinski definition) is 2. The van der Waals surface area contributed by atoms with Crippen LogP contribution in [0.1, 0.15) is 27.2 Å². The van der Waals surface area contributed by atoms with Crippen molar-refractivity contribution in [1.29, 1.82) is 0 Å². The molecular formula is C9H18IN2O-. The number of hydrogen-bond donors (Lipinski definition) is 1. The third kappa shape index (κ3) is 6.01. The van der Waals surface area contributed by atoms with Gasteiger partial charge in [-0.05, 0) is 0 Å². The van der Waals surface area contributed by atoms with E-state index in [0.29, 0.717) is 12.1 Å². The Kier molecular flexibility index (Phi) is 7.22. The van der Waals surface area contributed by atoms with Gasteiger partial charge in [0.05, 0.1) is 0 Å². The maximum absolute atomic E-state index is 11.4. The molecule has 1 N–H and O–H groups in total. The number of rotatable bonds is 5. The van der Waals surface area contributed by atoms with Gasteiger partial charge in [0, 0.05) is 0 Å². The standard InChI is InChI=1S/C9H18IN2O/c1-5-8(12-7(2)3)9(13)11-6-10-4/h7H,5-6H2,1-4H3,(H,11,13)/q-1. The monoisotopic (exact) mass is 297 g/mol. The van der Waals surface area contributed by atoms with Crippen molar-refractivity contribution in [3.8, 4) is 0 Å². The average molecular weight is 297 g/mol. The van der Waals surface area contributed by atoms with Crippen molar-refractivity contribution in [2.24, 2.45) is 4.99 Å². The van der Waals surface area contributed by atoms with Crippen LogP contribution in [0.2, 0.25) is 0 Å². The Morgan fingerprint density at radius 3 is 2.54 bits per heavy atom. The van der Waals surface area contributed by atoms with Crippen LogP contribution in [0.4, 0.5) is 0 Å². The summed E-state index contributed by atoms with van der Waals surface area (Å²) in [5.41, 5.74) is 0.674. The fourth-order valence-corrected chi connectivity index (χ4v) is 1.58. The van der Waals surface area contributed by atoms with Gasteiger partial charge in [0.15, 0.2) is 0 Å². The summed E-state index contributed by atoms with van der Waals surface area (Å²) in [6.07, 6.45) is 0.714. The van der Waals surface area contributed by atoms with Crippen molar-refractivity contribution < 1.29 is 26.0 Å². The van der Waals surface area contributed by atoms with Gasteiger partial charge in [0.1, 0.15) is 0 Å². The zero-order valence-electron chi connectivity index (χ0n) is 8.72. The van der Waals surface area contributed by atoms with E-state index in [1.165, 1.54) is 0 Å². The summed E-state index contributed by atoms with van der Waals surface area (Å²) in [5, 5.41) is 2.87. The van der Waals surface area contributed by atoms with E-state index < -0.39 is 0 Å². The molecule has 0 saturated carbocycles. The zero-order valence-corrected chi connectivity index (χ0v) is 10.9. The maximum atomic E-state index is 11.4. The summed E-state index contributed by atoms with van der Waals surface area (Å²) in [4.78, 5) is 17.9. The second-order valence-electron chi connectivity index (χ2n) is 2.93. The molecule has 13 heavy (non-hydrogen) atoms. The van der Waals surface area contributed by atoms with E-state index in [4.69, 9.17) is 0 Å². The molecule has 0 atom stereocenters. The van der Waals surface area contributed by atoms with Gasteiger partial charge in [-0.3, -0.25) is 0 Å². The number of nitrogens with zero attached hydrogens (tertiary/aromatic N) is 1. The van der Waals surface area contributed by atoms with Gasteiger partial charge in [0.25, 0.3) is 0 Å². The number of carbonyl (C=O) groups excluding carboxylic acids is 1. The molecular weight excluding hydrogens is 279 g/mol. The summed E-state index contributed by atoms with van der Waals surface area (Å²) in [6, 6.07) is 0.206. The van der Waals surface area contributed by atoms with E-state index in [1.54, 1.807) is 0 Å². The van der Waals surface area contributed by atoms with Gasteiger partial charge in [-0.15, -0.1) is 0 Å². The number of nitrogens with one attached hydrogen (secondary N) is 1. The number of carbonyl (C=O) groups is 1. The molecule has 0 heterocycles. The van der Waals surface area contributed by atoms with Crippen molar-refractivity contribution in [1.82, 2.24) is 5.32 Å². The van der Waals surface area contributed by atoms with Gasteiger partial charge >= 0.3 is 90.6 Å². The number of amides is 1. The third-order valence-corrected chi connectivity index (χ3v) is 2.52. The van der Waals surface area contributed by atoms with Gasteiger partial charge in [0.2, 0.25) is 0 Å². The Bertz CT molecular complexity index is 190. The molecule has 0 saturated heterocycles. The summed E-state index contributed by atoms with van der Waals surface area (Å²) in [6.45, 7) is 5.92. The Hall–Kier alpha value is -0.130. The topological polar surface area (TPSA) is 41.5 Å².